The summed E-state index contributed by atoms with van der Waals surface area (Å²) in [6.45, 7) is 2.45. The molecule has 0 radical (unpaired) electrons. The second-order valence-electron chi connectivity index (χ2n) is 8.26. The van der Waals surface area contributed by atoms with Gasteiger partial charge in [0.05, 0.1) is 25.5 Å². The summed E-state index contributed by atoms with van der Waals surface area (Å²) in [6, 6.07) is 25.2. The number of carbonyl (C=O) groups is 2. The van der Waals surface area contributed by atoms with Crippen molar-refractivity contribution in [2.75, 3.05) is 20.3 Å². The number of hydrogen-bond acceptors (Lipinski definition) is 7. The van der Waals surface area contributed by atoms with Crippen molar-refractivity contribution in [3.05, 3.63) is 96.1 Å². The number of esters is 1. The molecule has 4 aromatic rings. The number of nitrogens with one attached hydrogen (secondary N) is 1. The lowest BCUT2D eigenvalue weighted by molar-refractivity contribution is -0.123. The number of rotatable bonds is 11. The number of hydrogen-bond donors (Lipinski definition) is 1. The molecule has 0 aliphatic heterocycles. The minimum atomic E-state index is -0.523. The lowest BCUT2D eigenvalue weighted by Crippen LogP contribution is -2.24. The highest BCUT2D eigenvalue weighted by Crippen LogP contribution is 2.28. The molecule has 0 unspecified atom stereocenters. The molecule has 4 rings (SSSR count). The number of hydrazone groups is 1. The molecule has 1 N–H and O–H groups in total. The SMILES string of the molecule is CCCOc1ccc(C(=O)Oc2ccc(C=NNC(=O)COc3ccc4ccccc4c3)cc2OC)cc1. The van der Waals surface area contributed by atoms with Crippen LogP contribution in [0.25, 0.3) is 10.8 Å². The van der Waals surface area contributed by atoms with Crippen molar-refractivity contribution < 1.29 is 28.5 Å². The van der Waals surface area contributed by atoms with E-state index in [1.807, 2.05) is 49.4 Å². The number of carbonyl (C=O) groups excluding carboxylic acids is 2. The largest absolute Gasteiger partial charge is 0.494 e. The molecule has 1 amide bonds. The van der Waals surface area contributed by atoms with Crippen LogP contribution in [0.3, 0.4) is 0 Å². The molecule has 4 aromatic carbocycles. The van der Waals surface area contributed by atoms with Gasteiger partial charge in [-0.25, -0.2) is 10.2 Å². The average molecular weight is 513 g/mol. The van der Waals surface area contributed by atoms with Crippen LogP contribution in [0.15, 0.2) is 90.0 Å². The standard InChI is InChI=1S/C30H28N2O6/c1-3-16-36-25-12-10-23(11-13-25)30(34)38-27-15-8-21(17-28(27)35-2)19-31-32-29(33)20-37-26-14-9-22-6-4-5-7-24(22)18-26/h4-15,17-19H,3,16,20H2,1-2H3,(H,32,33). The molecule has 0 atom stereocenters. The van der Waals surface area contributed by atoms with Gasteiger partial charge < -0.3 is 18.9 Å². The summed E-state index contributed by atoms with van der Waals surface area (Å²) in [5.41, 5.74) is 3.45. The normalized spacial score (nSPS) is 10.8. The second kappa shape index (κ2) is 12.9. The molecule has 194 valence electrons. The molecule has 0 fully saturated rings. The zero-order valence-corrected chi connectivity index (χ0v) is 21.2. The van der Waals surface area contributed by atoms with E-state index in [-0.39, 0.29) is 12.4 Å². The van der Waals surface area contributed by atoms with E-state index in [1.54, 1.807) is 42.5 Å². The van der Waals surface area contributed by atoms with Gasteiger partial charge in [0, 0.05) is 0 Å². The molecule has 0 aliphatic carbocycles. The molecule has 0 saturated carbocycles. The Morgan fingerprint density at radius 2 is 1.61 bits per heavy atom. The summed E-state index contributed by atoms with van der Waals surface area (Å²) in [6.07, 6.45) is 2.36. The Labute approximate surface area is 220 Å². The third-order valence-electron chi connectivity index (χ3n) is 5.45. The van der Waals surface area contributed by atoms with Crippen LogP contribution in [0.2, 0.25) is 0 Å². The summed E-state index contributed by atoms with van der Waals surface area (Å²) in [7, 11) is 1.47. The Morgan fingerprint density at radius 3 is 2.37 bits per heavy atom. The van der Waals surface area contributed by atoms with E-state index in [1.165, 1.54) is 13.3 Å². The van der Waals surface area contributed by atoms with Gasteiger partial charge in [-0.15, -0.1) is 0 Å². The molecule has 0 aromatic heterocycles. The van der Waals surface area contributed by atoms with Gasteiger partial charge in [0.25, 0.3) is 5.91 Å². The van der Waals surface area contributed by atoms with Gasteiger partial charge in [0.2, 0.25) is 0 Å². The van der Waals surface area contributed by atoms with Crippen LogP contribution >= 0.6 is 0 Å². The van der Waals surface area contributed by atoms with Crippen molar-refractivity contribution in [3.8, 4) is 23.0 Å². The first-order valence-electron chi connectivity index (χ1n) is 12.1. The molecule has 0 saturated heterocycles. The van der Waals surface area contributed by atoms with Crippen molar-refractivity contribution in [2.45, 2.75) is 13.3 Å². The van der Waals surface area contributed by atoms with Crippen molar-refractivity contribution in [3.63, 3.8) is 0 Å². The predicted molar refractivity (Wildman–Crippen MR) is 145 cm³/mol. The topological polar surface area (TPSA) is 95.5 Å². The first-order chi connectivity index (χ1) is 18.6. The van der Waals surface area contributed by atoms with E-state index in [9.17, 15) is 9.59 Å². The van der Waals surface area contributed by atoms with E-state index in [0.717, 1.165) is 17.2 Å². The van der Waals surface area contributed by atoms with Crippen LogP contribution in [-0.2, 0) is 4.79 Å². The van der Waals surface area contributed by atoms with Gasteiger partial charge >= 0.3 is 5.97 Å². The lowest BCUT2D eigenvalue weighted by atomic mass is 10.1. The number of fused-ring (bicyclic) bond motifs is 1. The molecular formula is C30H28N2O6. The van der Waals surface area contributed by atoms with E-state index >= 15 is 0 Å². The quantitative estimate of drug-likeness (QED) is 0.125. The Bertz CT molecular complexity index is 1430. The highest BCUT2D eigenvalue weighted by molar-refractivity contribution is 5.92. The van der Waals surface area contributed by atoms with Crippen molar-refractivity contribution in [1.29, 1.82) is 0 Å². The molecule has 0 aliphatic rings. The first kappa shape index (κ1) is 26.2. The number of benzene rings is 4. The smallest absolute Gasteiger partial charge is 0.343 e. The molecule has 8 nitrogen and oxygen atoms in total. The number of amides is 1. The van der Waals surface area contributed by atoms with Crippen LogP contribution in [0.1, 0.15) is 29.3 Å². The molecule has 0 bridgehead atoms. The van der Waals surface area contributed by atoms with Crippen LogP contribution in [0, 0.1) is 0 Å². The van der Waals surface area contributed by atoms with E-state index in [2.05, 4.69) is 10.5 Å². The summed E-state index contributed by atoms with van der Waals surface area (Å²) in [5.74, 6) is 0.962. The fourth-order valence-corrected chi connectivity index (χ4v) is 3.53. The van der Waals surface area contributed by atoms with E-state index < -0.39 is 11.9 Å². The highest BCUT2D eigenvalue weighted by Gasteiger charge is 2.13. The summed E-state index contributed by atoms with van der Waals surface area (Å²) >= 11 is 0. The van der Waals surface area contributed by atoms with Crippen LogP contribution in [0.4, 0.5) is 0 Å². The van der Waals surface area contributed by atoms with Crippen molar-refractivity contribution >= 4 is 28.9 Å². The molecule has 0 heterocycles. The van der Waals surface area contributed by atoms with Gasteiger partial charge in [0.1, 0.15) is 11.5 Å². The van der Waals surface area contributed by atoms with Crippen LogP contribution in [0.5, 0.6) is 23.0 Å². The fraction of sp³-hybridized carbons (Fsp3) is 0.167. The second-order valence-corrected chi connectivity index (χ2v) is 8.26. The zero-order valence-electron chi connectivity index (χ0n) is 21.2. The van der Waals surface area contributed by atoms with Gasteiger partial charge in [-0.3, -0.25) is 4.79 Å². The Kier molecular flexibility index (Phi) is 8.91. The van der Waals surface area contributed by atoms with Crippen molar-refractivity contribution in [2.24, 2.45) is 5.10 Å². The van der Waals surface area contributed by atoms with E-state index in [0.29, 0.717) is 35.0 Å². The Morgan fingerprint density at radius 1 is 0.842 bits per heavy atom. The number of nitrogens with zero attached hydrogens (tertiary/aromatic N) is 1. The Hall–Kier alpha value is -4.85. The predicted octanol–water partition coefficient (Wildman–Crippen LogP) is 5.39. The zero-order chi connectivity index (χ0) is 26.7. The monoisotopic (exact) mass is 512 g/mol. The summed E-state index contributed by atoms with van der Waals surface area (Å²) in [5, 5.41) is 6.09. The minimum absolute atomic E-state index is 0.181. The lowest BCUT2D eigenvalue weighted by Gasteiger charge is -2.10. The molecular weight excluding hydrogens is 484 g/mol. The number of ether oxygens (including phenoxy) is 4. The highest BCUT2D eigenvalue weighted by atomic mass is 16.6. The third kappa shape index (κ3) is 7.10. The summed E-state index contributed by atoms with van der Waals surface area (Å²) < 4.78 is 22.0. The first-order valence-corrected chi connectivity index (χ1v) is 12.1. The maximum atomic E-state index is 12.6. The van der Waals surface area contributed by atoms with Crippen LogP contribution < -0.4 is 24.4 Å². The van der Waals surface area contributed by atoms with Gasteiger partial charge in [0.15, 0.2) is 18.1 Å². The van der Waals surface area contributed by atoms with Gasteiger partial charge in [-0.2, -0.15) is 5.10 Å². The maximum Gasteiger partial charge on any atom is 0.343 e. The van der Waals surface area contributed by atoms with Crippen molar-refractivity contribution in [1.82, 2.24) is 5.43 Å². The molecule has 8 heteroatoms. The molecule has 38 heavy (non-hydrogen) atoms. The third-order valence-corrected chi connectivity index (χ3v) is 5.45. The minimum Gasteiger partial charge on any atom is -0.494 e. The Balaban J connectivity index is 1.30. The maximum absolute atomic E-state index is 12.6. The average Bonchev–Trinajstić information content (AvgIpc) is 2.95. The fourth-order valence-electron chi connectivity index (χ4n) is 3.53. The molecule has 0 spiro atoms. The van der Waals surface area contributed by atoms with Crippen LogP contribution in [-0.4, -0.2) is 38.4 Å². The number of methoxy groups -OCH3 is 1. The van der Waals surface area contributed by atoms with Gasteiger partial charge in [-0.05, 0) is 77.4 Å². The summed E-state index contributed by atoms with van der Waals surface area (Å²) in [4.78, 5) is 24.7. The van der Waals surface area contributed by atoms with E-state index in [4.69, 9.17) is 18.9 Å². The van der Waals surface area contributed by atoms with Gasteiger partial charge in [-0.1, -0.05) is 37.3 Å².